The van der Waals surface area contributed by atoms with Crippen LogP contribution in [0.4, 0.5) is 10.2 Å². The number of amides is 1. The summed E-state index contributed by atoms with van der Waals surface area (Å²) >= 11 is 0. The Kier molecular flexibility index (Phi) is 4.14. The van der Waals surface area contributed by atoms with Crippen LogP contribution in [-0.2, 0) is 11.2 Å². The molecule has 0 spiro atoms. The summed E-state index contributed by atoms with van der Waals surface area (Å²) in [5, 5.41) is 6.53. The van der Waals surface area contributed by atoms with Gasteiger partial charge in [-0.2, -0.15) is 0 Å². The minimum absolute atomic E-state index is 0.0218. The van der Waals surface area contributed by atoms with Crippen molar-refractivity contribution in [1.82, 2.24) is 10.1 Å². The molecule has 0 radical (unpaired) electrons. The van der Waals surface area contributed by atoms with Gasteiger partial charge in [0.15, 0.2) is 5.76 Å². The van der Waals surface area contributed by atoms with Gasteiger partial charge in [-0.3, -0.25) is 4.79 Å². The van der Waals surface area contributed by atoms with Crippen molar-refractivity contribution >= 4 is 11.7 Å². The van der Waals surface area contributed by atoms with Crippen molar-refractivity contribution in [2.24, 2.45) is 0 Å². The van der Waals surface area contributed by atoms with Crippen LogP contribution in [0.15, 0.2) is 53.2 Å². The maximum atomic E-state index is 13.7. The topological polar surface area (TPSA) is 68.0 Å². The third-order valence-corrected chi connectivity index (χ3v) is 3.31. The third kappa shape index (κ3) is 3.42. The van der Waals surface area contributed by atoms with E-state index in [-0.39, 0.29) is 12.3 Å². The summed E-state index contributed by atoms with van der Waals surface area (Å²) in [5.74, 6) is 0.138. The highest BCUT2D eigenvalue weighted by Crippen LogP contribution is 2.23. The highest BCUT2D eigenvalue weighted by Gasteiger charge is 2.14. The van der Waals surface area contributed by atoms with Crippen LogP contribution in [0.5, 0.6) is 0 Å². The number of carbonyl (C=O) groups excluding carboxylic acids is 1. The van der Waals surface area contributed by atoms with Crippen molar-refractivity contribution in [3.05, 3.63) is 65.7 Å². The van der Waals surface area contributed by atoms with E-state index in [0.717, 1.165) is 5.56 Å². The third-order valence-electron chi connectivity index (χ3n) is 3.31. The number of hydrogen-bond acceptors (Lipinski definition) is 4. The Balaban J connectivity index is 1.71. The molecule has 0 fully saturated rings. The first-order chi connectivity index (χ1) is 11.1. The minimum atomic E-state index is -0.399. The normalized spacial score (nSPS) is 10.5. The van der Waals surface area contributed by atoms with Crippen LogP contribution in [0.2, 0.25) is 0 Å². The lowest BCUT2D eigenvalue weighted by Crippen LogP contribution is -2.16. The summed E-state index contributed by atoms with van der Waals surface area (Å²) in [6.07, 6.45) is 1.63. The molecule has 0 unspecified atom stereocenters. The first kappa shape index (κ1) is 14.9. The fourth-order valence-corrected chi connectivity index (χ4v) is 2.14. The highest BCUT2D eigenvalue weighted by atomic mass is 19.1. The Bertz CT molecular complexity index is 845. The van der Waals surface area contributed by atoms with E-state index >= 15 is 0 Å². The molecule has 3 aromatic rings. The van der Waals surface area contributed by atoms with Crippen LogP contribution >= 0.6 is 0 Å². The van der Waals surface area contributed by atoms with Crippen LogP contribution < -0.4 is 5.32 Å². The van der Waals surface area contributed by atoms with Crippen LogP contribution in [-0.4, -0.2) is 16.0 Å². The van der Waals surface area contributed by atoms with Gasteiger partial charge in [0.2, 0.25) is 5.91 Å². The molecule has 23 heavy (non-hydrogen) atoms. The Morgan fingerprint density at radius 2 is 2.09 bits per heavy atom. The smallest absolute Gasteiger partial charge is 0.231 e. The summed E-state index contributed by atoms with van der Waals surface area (Å²) in [4.78, 5) is 16.1. The summed E-state index contributed by atoms with van der Waals surface area (Å²) in [5.41, 5.74) is 1.61. The number of pyridine rings is 1. The van der Waals surface area contributed by atoms with Crippen molar-refractivity contribution in [3.8, 4) is 11.3 Å². The van der Waals surface area contributed by atoms with Crippen molar-refractivity contribution in [2.45, 2.75) is 13.3 Å². The molecule has 5 nitrogen and oxygen atoms in total. The van der Waals surface area contributed by atoms with Crippen LogP contribution in [0.3, 0.4) is 0 Å². The molecule has 0 atom stereocenters. The molecule has 1 N–H and O–H groups in total. The molecule has 116 valence electrons. The van der Waals surface area contributed by atoms with Crippen molar-refractivity contribution in [3.63, 3.8) is 0 Å². The minimum Gasteiger partial charge on any atom is -0.356 e. The standard InChI is InChI=1S/C17H14FN3O2/c1-11-5-4-8-19-17(11)20-16(22)10-12-9-15(23-21-12)13-6-2-3-7-14(13)18/h2-9H,10H2,1H3,(H,19,20,22). The molecule has 0 saturated heterocycles. The molecule has 0 aliphatic carbocycles. The molecule has 2 aromatic heterocycles. The van der Waals surface area contributed by atoms with Gasteiger partial charge in [-0.05, 0) is 30.7 Å². The van der Waals surface area contributed by atoms with E-state index < -0.39 is 5.82 Å². The highest BCUT2D eigenvalue weighted by molar-refractivity contribution is 5.91. The Hall–Kier alpha value is -3.02. The number of aryl methyl sites for hydroxylation is 1. The number of anilines is 1. The number of aromatic nitrogens is 2. The number of carbonyl (C=O) groups is 1. The van der Waals surface area contributed by atoms with Crippen molar-refractivity contribution in [1.29, 1.82) is 0 Å². The molecule has 0 bridgehead atoms. The Morgan fingerprint density at radius 3 is 2.87 bits per heavy atom. The van der Waals surface area contributed by atoms with E-state index in [1.807, 2.05) is 13.0 Å². The van der Waals surface area contributed by atoms with Crippen LogP contribution in [0.25, 0.3) is 11.3 Å². The summed E-state index contributed by atoms with van der Waals surface area (Å²) < 4.78 is 18.8. The first-order valence-corrected chi connectivity index (χ1v) is 7.05. The van der Waals surface area contributed by atoms with Crippen LogP contribution in [0.1, 0.15) is 11.3 Å². The van der Waals surface area contributed by atoms with E-state index in [4.69, 9.17) is 4.52 Å². The van der Waals surface area contributed by atoms with Gasteiger partial charge in [0.1, 0.15) is 11.6 Å². The first-order valence-electron chi connectivity index (χ1n) is 7.05. The summed E-state index contributed by atoms with van der Waals surface area (Å²) in [6.45, 7) is 1.86. The van der Waals surface area contributed by atoms with E-state index in [2.05, 4.69) is 15.5 Å². The molecule has 1 aromatic carbocycles. The van der Waals surface area contributed by atoms with Gasteiger partial charge in [-0.25, -0.2) is 9.37 Å². The number of benzene rings is 1. The molecule has 3 rings (SSSR count). The molecule has 1 amide bonds. The zero-order valence-corrected chi connectivity index (χ0v) is 12.4. The molecule has 6 heteroatoms. The summed E-state index contributed by atoms with van der Waals surface area (Å²) in [7, 11) is 0. The zero-order valence-electron chi connectivity index (χ0n) is 12.4. The van der Waals surface area contributed by atoms with E-state index in [0.29, 0.717) is 22.8 Å². The Morgan fingerprint density at radius 1 is 1.26 bits per heavy atom. The van der Waals surface area contributed by atoms with Gasteiger partial charge in [0, 0.05) is 12.3 Å². The lowest BCUT2D eigenvalue weighted by atomic mass is 10.1. The monoisotopic (exact) mass is 311 g/mol. The second kappa shape index (κ2) is 6.39. The van der Waals surface area contributed by atoms with Gasteiger partial charge < -0.3 is 9.84 Å². The fourth-order valence-electron chi connectivity index (χ4n) is 2.14. The van der Waals surface area contributed by atoms with Gasteiger partial charge in [0.05, 0.1) is 17.7 Å². The number of halogens is 1. The van der Waals surface area contributed by atoms with E-state index in [1.54, 1.807) is 36.5 Å². The fraction of sp³-hybridized carbons (Fsp3) is 0.118. The molecule has 0 aliphatic heterocycles. The van der Waals surface area contributed by atoms with E-state index in [1.165, 1.54) is 6.07 Å². The molecular weight excluding hydrogens is 297 g/mol. The predicted molar refractivity (Wildman–Crippen MR) is 83.2 cm³/mol. The van der Waals surface area contributed by atoms with Gasteiger partial charge in [0.25, 0.3) is 0 Å². The van der Waals surface area contributed by atoms with Crippen molar-refractivity contribution in [2.75, 3.05) is 5.32 Å². The lowest BCUT2D eigenvalue weighted by Gasteiger charge is -2.05. The largest absolute Gasteiger partial charge is 0.356 e. The number of hydrogen-bond donors (Lipinski definition) is 1. The maximum Gasteiger partial charge on any atom is 0.231 e. The second-order valence-corrected chi connectivity index (χ2v) is 5.06. The molecule has 2 heterocycles. The van der Waals surface area contributed by atoms with Crippen LogP contribution in [0, 0.1) is 12.7 Å². The second-order valence-electron chi connectivity index (χ2n) is 5.06. The van der Waals surface area contributed by atoms with Gasteiger partial charge in [-0.1, -0.05) is 23.4 Å². The number of rotatable bonds is 4. The SMILES string of the molecule is Cc1cccnc1NC(=O)Cc1cc(-c2ccccc2F)on1. The van der Waals surface area contributed by atoms with E-state index in [9.17, 15) is 9.18 Å². The van der Waals surface area contributed by atoms with Gasteiger partial charge in [-0.15, -0.1) is 0 Å². The lowest BCUT2D eigenvalue weighted by molar-refractivity contribution is -0.115. The Labute approximate surface area is 132 Å². The molecular formula is C17H14FN3O2. The zero-order chi connectivity index (χ0) is 16.2. The molecule has 0 aliphatic rings. The maximum absolute atomic E-state index is 13.7. The summed E-state index contributed by atoms with van der Waals surface area (Å²) in [6, 6.07) is 11.4. The number of nitrogens with zero attached hydrogens (tertiary/aromatic N) is 2. The quantitative estimate of drug-likeness (QED) is 0.802. The number of nitrogens with one attached hydrogen (secondary N) is 1. The van der Waals surface area contributed by atoms with Crippen molar-refractivity contribution < 1.29 is 13.7 Å². The average Bonchev–Trinajstić information content (AvgIpc) is 2.98. The molecule has 0 saturated carbocycles. The van der Waals surface area contributed by atoms with Gasteiger partial charge >= 0.3 is 0 Å². The average molecular weight is 311 g/mol. The predicted octanol–water partition coefficient (Wildman–Crippen LogP) is 3.37.